The summed E-state index contributed by atoms with van der Waals surface area (Å²) in [6, 6.07) is 9.34. The zero-order chi connectivity index (χ0) is 14.8. The van der Waals surface area contributed by atoms with Crippen LogP contribution in [0.5, 0.6) is 0 Å². The number of nitrogens with zero attached hydrogens (tertiary/aromatic N) is 1. The van der Waals surface area contributed by atoms with Crippen molar-refractivity contribution in [2.75, 3.05) is 19.3 Å². The van der Waals surface area contributed by atoms with Gasteiger partial charge in [-0.15, -0.1) is 0 Å². The molecule has 0 bridgehead atoms. The highest BCUT2D eigenvalue weighted by Gasteiger charge is 2.45. The van der Waals surface area contributed by atoms with Gasteiger partial charge in [0.05, 0.1) is 19.3 Å². The van der Waals surface area contributed by atoms with Crippen LogP contribution in [-0.4, -0.2) is 44.4 Å². The molecule has 1 aliphatic rings. The van der Waals surface area contributed by atoms with Gasteiger partial charge in [-0.2, -0.15) is 8.42 Å². The monoisotopic (exact) mass is 299 g/mol. The summed E-state index contributed by atoms with van der Waals surface area (Å²) >= 11 is 0. The van der Waals surface area contributed by atoms with Gasteiger partial charge < -0.3 is 9.64 Å². The van der Waals surface area contributed by atoms with Crippen LogP contribution < -0.4 is 0 Å². The van der Waals surface area contributed by atoms with Gasteiger partial charge in [0, 0.05) is 0 Å². The second kappa shape index (κ2) is 5.41. The van der Waals surface area contributed by atoms with Crippen LogP contribution in [0.15, 0.2) is 30.3 Å². The van der Waals surface area contributed by atoms with E-state index in [4.69, 9.17) is 8.92 Å². The lowest BCUT2D eigenvalue weighted by Gasteiger charge is -2.45. The highest BCUT2D eigenvalue weighted by molar-refractivity contribution is 7.86. The molecule has 0 atom stereocenters. The van der Waals surface area contributed by atoms with Gasteiger partial charge in [-0.05, 0) is 12.5 Å². The van der Waals surface area contributed by atoms with Gasteiger partial charge in [-0.1, -0.05) is 30.3 Å². The van der Waals surface area contributed by atoms with Crippen LogP contribution >= 0.6 is 0 Å². The Morgan fingerprint density at radius 1 is 1.30 bits per heavy atom. The van der Waals surface area contributed by atoms with E-state index >= 15 is 0 Å². The second-order valence-corrected chi connectivity index (χ2v) is 6.71. The largest absolute Gasteiger partial charge is 0.445 e. The Bertz CT molecular complexity index is 578. The Hall–Kier alpha value is -1.60. The summed E-state index contributed by atoms with van der Waals surface area (Å²) in [4.78, 5) is 13.2. The summed E-state index contributed by atoms with van der Waals surface area (Å²) in [5.74, 6) is 0. The SMILES string of the molecule is CC1(OS(C)(=O)=O)CN(C(=O)OCc2ccccc2)C1. The Morgan fingerprint density at radius 3 is 2.45 bits per heavy atom. The van der Waals surface area contributed by atoms with Crippen molar-refractivity contribution in [3.05, 3.63) is 35.9 Å². The quantitative estimate of drug-likeness (QED) is 0.785. The summed E-state index contributed by atoms with van der Waals surface area (Å²) in [6.45, 7) is 2.25. The summed E-state index contributed by atoms with van der Waals surface area (Å²) in [5.41, 5.74) is 0.0517. The van der Waals surface area contributed by atoms with Crippen LogP contribution in [0.3, 0.4) is 0 Å². The number of carbonyl (C=O) groups is 1. The summed E-state index contributed by atoms with van der Waals surface area (Å²) < 4.78 is 32.2. The van der Waals surface area contributed by atoms with E-state index in [1.165, 1.54) is 4.90 Å². The first kappa shape index (κ1) is 14.8. The fourth-order valence-corrected chi connectivity index (χ4v) is 2.96. The van der Waals surface area contributed by atoms with Crippen molar-refractivity contribution in [1.82, 2.24) is 4.90 Å². The van der Waals surface area contributed by atoms with E-state index in [2.05, 4.69) is 0 Å². The fraction of sp³-hybridized carbons (Fsp3) is 0.462. The molecule has 1 aliphatic heterocycles. The first-order chi connectivity index (χ1) is 9.27. The van der Waals surface area contributed by atoms with Gasteiger partial charge >= 0.3 is 6.09 Å². The molecule has 1 aromatic carbocycles. The molecule has 0 N–H and O–H groups in total. The van der Waals surface area contributed by atoms with Crippen LogP contribution in [0.25, 0.3) is 0 Å². The average Bonchev–Trinajstić information content (AvgIpc) is 2.32. The molecule has 1 fully saturated rings. The van der Waals surface area contributed by atoms with Gasteiger partial charge in [0.15, 0.2) is 0 Å². The lowest BCUT2D eigenvalue weighted by atomic mass is 9.98. The number of ether oxygens (including phenoxy) is 1. The molecule has 0 radical (unpaired) electrons. The third-order valence-electron chi connectivity index (χ3n) is 2.87. The van der Waals surface area contributed by atoms with Gasteiger partial charge in [-0.3, -0.25) is 4.18 Å². The Morgan fingerprint density at radius 2 is 1.90 bits per heavy atom. The van der Waals surface area contributed by atoms with Gasteiger partial charge in [0.1, 0.15) is 12.2 Å². The van der Waals surface area contributed by atoms with Crippen LogP contribution in [-0.2, 0) is 25.6 Å². The first-order valence-electron chi connectivity index (χ1n) is 6.14. The first-order valence-corrected chi connectivity index (χ1v) is 7.95. The Kier molecular flexibility index (Phi) is 4.01. The highest BCUT2D eigenvalue weighted by atomic mass is 32.2. The maximum absolute atomic E-state index is 11.8. The molecule has 7 heteroatoms. The average molecular weight is 299 g/mol. The van der Waals surface area contributed by atoms with E-state index in [1.54, 1.807) is 6.92 Å². The summed E-state index contributed by atoms with van der Waals surface area (Å²) in [6.07, 6.45) is 0.526. The van der Waals surface area contributed by atoms with E-state index in [0.29, 0.717) is 0 Å². The minimum Gasteiger partial charge on any atom is -0.445 e. The molecule has 2 rings (SSSR count). The van der Waals surface area contributed by atoms with Crippen molar-refractivity contribution < 1.29 is 22.1 Å². The molecule has 0 saturated carbocycles. The number of carbonyl (C=O) groups excluding carboxylic acids is 1. The topological polar surface area (TPSA) is 72.9 Å². The standard InChI is InChI=1S/C13H17NO5S/c1-13(19-20(2,16)17)9-14(10-13)12(15)18-8-11-6-4-3-5-7-11/h3-7H,8-10H2,1-2H3. The predicted molar refractivity (Wildman–Crippen MR) is 72.5 cm³/mol. The molecule has 6 nitrogen and oxygen atoms in total. The molecule has 110 valence electrons. The number of benzene rings is 1. The van der Waals surface area contributed by atoms with Crippen molar-refractivity contribution in [2.24, 2.45) is 0 Å². The summed E-state index contributed by atoms with van der Waals surface area (Å²) in [7, 11) is -3.53. The van der Waals surface area contributed by atoms with Crippen molar-refractivity contribution in [1.29, 1.82) is 0 Å². The molecule has 20 heavy (non-hydrogen) atoms. The lowest BCUT2D eigenvalue weighted by Crippen LogP contribution is -2.63. The number of hydrogen-bond acceptors (Lipinski definition) is 5. The van der Waals surface area contributed by atoms with Crippen molar-refractivity contribution >= 4 is 16.2 Å². The fourth-order valence-electron chi connectivity index (χ4n) is 2.12. The Labute approximate surface area is 118 Å². The maximum Gasteiger partial charge on any atom is 0.410 e. The third-order valence-corrected chi connectivity index (χ3v) is 3.57. The molecule has 1 amide bonds. The molecule has 1 heterocycles. The van der Waals surface area contributed by atoms with E-state index in [0.717, 1.165) is 11.8 Å². The van der Waals surface area contributed by atoms with E-state index in [1.807, 2.05) is 30.3 Å². The van der Waals surface area contributed by atoms with Crippen LogP contribution in [0, 0.1) is 0 Å². The minimum absolute atomic E-state index is 0.194. The molecule has 0 spiro atoms. The molecule has 1 aromatic rings. The molecule has 0 aromatic heterocycles. The van der Waals surface area contributed by atoms with Crippen molar-refractivity contribution in [2.45, 2.75) is 19.1 Å². The molecule has 1 saturated heterocycles. The normalized spacial score (nSPS) is 17.4. The van der Waals surface area contributed by atoms with Gasteiger partial charge in [0.2, 0.25) is 0 Å². The number of hydrogen-bond donors (Lipinski definition) is 0. The van der Waals surface area contributed by atoms with E-state index < -0.39 is 21.8 Å². The number of likely N-dealkylation sites (tertiary alicyclic amines) is 1. The third kappa shape index (κ3) is 3.94. The molecule has 0 aliphatic carbocycles. The molecular formula is C13H17NO5S. The number of rotatable bonds is 4. The zero-order valence-electron chi connectivity index (χ0n) is 11.4. The van der Waals surface area contributed by atoms with Crippen LogP contribution in [0.1, 0.15) is 12.5 Å². The van der Waals surface area contributed by atoms with Crippen LogP contribution in [0.4, 0.5) is 4.79 Å². The van der Waals surface area contributed by atoms with E-state index in [9.17, 15) is 13.2 Å². The highest BCUT2D eigenvalue weighted by Crippen LogP contribution is 2.27. The van der Waals surface area contributed by atoms with Crippen molar-refractivity contribution in [3.8, 4) is 0 Å². The van der Waals surface area contributed by atoms with Gasteiger partial charge in [0.25, 0.3) is 10.1 Å². The van der Waals surface area contributed by atoms with E-state index in [-0.39, 0.29) is 19.7 Å². The lowest BCUT2D eigenvalue weighted by molar-refractivity contribution is -0.0537. The predicted octanol–water partition coefficient (Wildman–Crippen LogP) is 1.37. The molecular weight excluding hydrogens is 282 g/mol. The Balaban J connectivity index is 1.79. The maximum atomic E-state index is 11.8. The van der Waals surface area contributed by atoms with Crippen molar-refractivity contribution in [3.63, 3.8) is 0 Å². The molecule has 0 unspecified atom stereocenters. The zero-order valence-corrected chi connectivity index (χ0v) is 12.2. The summed E-state index contributed by atoms with van der Waals surface area (Å²) in [5, 5.41) is 0. The number of amides is 1. The van der Waals surface area contributed by atoms with Crippen LogP contribution in [0.2, 0.25) is 0 Å². The minimum atomic E-state index is -3.53. The second-order valence-electron chi connectivity index (χ2n) is 5.13. The van der Waals surface area contributed by atoms with Gasteiger partial charge in [-0.25, -0.2) is 4.79 Å². The smallest absolute Gasteiger partial charge is 0.410 e.